The van der Waals surface area contributed by atoms with Gasteiger partial charge in [-0.05, 0) is 12.1 Å². The number of nitro groups is 1. The molecule has 0 aliphatic carbocycles. The molecule has 2 aromatic heterocycles. The Balaban J connectivity index is 2.67. The SMILES string of the molecule is Nc1cccnc1-c1cc([N+](=O)[O-])c[nH]c1=S. The number of nitrogens with zero attached hydrogens (tertiary/aromatic N) is 2. The Kier molecular flexibility index (Phi) is 2.84. The molecule has 17 heavy (non-hydrogen) atoms. The quantitative estimate of drug-likeness (QED) is 0.482. The molecular formula is C10H8N4O2S. The van der Waals surface area contributed by atoms with E-state index in [0.29, 0.717) is 21.6 Å². The van der Waals surface area contributed by atoms with E-state index in [1.807, 2.05) is 0 Å². The number of aromatic nitrogens is 2. The van der Waals surface area contributed by atoms with Crippen molar-refractivity contribution in [1.82, 2.24) is 9.97 Å². The normalized spacial score (nSPS) is 10.1. The third-order valence-electron chi connectivity index (χ3n) is 2.19. The van der Waals surface area contributed by atoms with E-state index in [2.05, 4.69) is 9.97 Å². The van der Waals surface area contributed by atoms with Crippen LogP contribution >= 0.6 is 12.2 Å². The minimum Gasteiger partial charge on any atom is -0.397 e. The van der Waals surface area contributed by atoms with E-state index in [0.717, 1.165) is 0 Å². The van der Waals surface area contributed by atoms with Gasteiger partial charge in [0.1, 0.15) is 4.64 Å². The highest BCUT2D eigenvalue weighted by molar-refractivity contribution is 7.71. The van der Waals surface area contributed by atoms with Crippen molar-refractivity contribution in [3.8, 4) is 11.3 Å². The van der Waals surface area contributed by atoms with Crippen LogP contribution < -0.4 is 5.73 Å². The summed E-state index contributed by atoms with van der Waals surface area (Å²) in [6.07, 6.45) is 2.80. The van der Waals surface area contributed by atoms with Crippen molar-refractivity contribution in [3.05, 3.63) is 45.3 Å². The van der Waals surface area contributed by atoms with Crippen molar-refractivity contribution in [1.29, 1.82) is 0 Å². The molecule has 2 rings (SSSR count). The number of anilines is 1. The van der Waals surface area contributed by atoms with Gasteiger partial charge in [0.05, 0.1) is 22.5 Å². The number of hydrogen-bond donors (Lipinski definition) is 2. The lowest BCUT2D eigenvalue weighted by molar-refractivity contribution is -0.385. The zero-order valence-corrected chi connectivity index (χ0v) is 9.40. The van der Waals surface area contributed by atoms with Crippen LogP contribution in [0, 0.1) is 14.8 Å². The maximum atomic E-state index is 10.7. The van der Waals surface area contributed by atoms with Gasteiger partial charge in [0.25, 0.3) is 5.69 Å². The van der Waals surface area contributed by atoms with Gasteiger partial charge in [-0.2, -0.15) is 0 Å². The first-order valence-electron chi connectivity index (χ1n) is 4.67. The lowest BCUT2D eigenvalue weighted by atomic mass is 10.1. The predicted molar refractivity (Wildman–Crippen MR) is 65.9 cm³/mol. The predicted octanol–water partition coefficient (Wildman–Crippen LogP) is 2.30. The highest BCUT2D eigenvalue weighted by Crippen LogP contribution is 2.26. The minimum absolute atomic E-state index is 0.0846. The Hall–Kier alpha value is -2.28. The monoisotopic (exact) mass is 248 g/mol. The van der Waals surface area contributed by atoms with Crippen LogP contribution in [0.25, 0.3) is 11.3 Å². The molecule has 0 saturated heterocycles. The van der Waals surface area contributed by atoms with Crippen LogP contribution in [0.1, 0.15) is 0 Å². The first-order chi connectivity index (χ1) is 8.09. The zero-order chi connectivity index (χ0) is 12.4. The van der Waals surface area contributed by atoms with Crippen LogP contribution in [0.2, 0.25) is 0 Å². The maximum absolute atomic E-state index is 10.7. The van der Waals surface area contributed by atoms with Gasteiger partial charge in [-0.1, -0.05) is 12.2 Å². The average Bonchev–Trinajstić information content (AvgIpc) is 2.30. The fourth-order valence-electron chi connectivity index (χ4n) is 1.40. The molecular weight excluding hydrogens is 240 g/mol. The van der Waals surface area contributed by atoms with Gasteiger partial charge in [-0.25, -0.2) is 0 Å². The van der Waals surface area contributed by atoms with Crippen LogP contribution in [0.5, 0.6) is 0 Å². The Morgan fingerprint density at radius 2 is 2.29 bits per heavy atom. The molecule has 0 aliphatic heterocycles. The molecule has 0 unspecified atom stereocenters. The van der Waals surface area contributed by atoms with Crippen LogP contribution in [-0.2, 0) is 0 Å². The van der Waals surface area contributed by atoms with E-state index in [-0.39, 0.29) is 5.69 Å². The number of aromatic amines is 1. The molecule has 0 spiro atoms. The standard InChI is InChI=1S/C10H8N4O2S/c11-8-2-1-3-12-9(8)7-4-6(14(15)16)5-13-10(7)17/h1-5H,11H2,(H,13,17). The third-order valence-corrected chi connectivity index (χ3v) is 2.53. The molecule has 2 aromatic rings. The van der Waals surface area contributed by atoms with Crippen molar-refractivity contribution in [3.63, 3.8) is 0 Å². The van der Waals surface area contributed by atoms with Crippen LogP contribution in [0.4, 0.5) is 11.4 Å². The number of hydrogen-bond acceptors (Lipinski definition) is 5. The smallest absolute Gasteiger partial charge is 0.286 e. The highest BCUT2D eigenvalue weighted by Gasteiger charge is 2.12. The van der Waals surface area contributed by atoms with Gasteiger partial charge in [-0.15, -0.1) is 0 Å². The van der Waals surface area contributed by atoms with Gasteiger partial charge in [0, 0.05) is 17.8 Å². The number of nitrogen functional groups attached to an aromatic ring is 1. The van der Waals surface area contributed by atoms with E-state index < -0.39 is 4.92 Å². The topological polar surface area (TPSA) is 97.8 Å². The van der Waals surface area contributed by atoms with Crippen molar-refractivity contribution < 1.29 is 4.92 Å². The Morgan fingerprint density at radius 1 is 1.53 bits per heavy atom. The van der Waals surface area contributed by atoms with Crippen molar-refractivity contribution >= 4 is 23.6 Å². The molecule has 0 aliphatic rings. The fourth-order valence-corrected chi connectivity index (χ4v) is 1.61. The second-order valence-corrected chi connectivity index (χ2v) is 3.71. The van der Waals surface area contributed by atoms with Crippen LogP contribution in [0.3, 0.4) is 0 Å². The van der Waals surface area contributed by atoms with Gasteiger partial charge in [0.15, 0.2) is 0 Å². The molecule has 0 fully saturated rings. The van der Waals surface area contributed by atoms with E-state index in [1.165, 1.54) is 12.3 Å². The second-order valence-electron chi connectivity index (χ2n) is 3.30. The summed E-state index contributed by atoms with van der Waals surface area (Å²) in [5, 5.41) is 10.7. The van der Waals surface area contributed by atoms with Crippen molar-refractivity contribution in [2.75, 3.05) is 5.73 Å². The third kappa shape index (κ3) is 2.13. The minimum atomic E-state index is -0.506. The Bertz CT molecular complexity index is 638. The first kappa shape index (κ1) is 11.2. The fraction of sp³-hybridized carbons (Fsp3) is 0. The molecule has 0 atom stereocenters. The largest absolute Gasteiger partial charge is 0.397 e. The van der Waals surface area contributed by atoms with Gasteiger partial charge < -0.3 is 10.7 Å². The van der Waals surface area contributed by atoms with E-state index >= 15 is 0 Å². The van der Waals surface area contributed by atoms with Gasteiger partial charge in [0.2, 0.25) is 0 Å². The maximum Gasteiger partial charge on any atom is 0.286 e. The van der Waals surface area contributed by atoms with Crippen molar-refractivity contribution in [2.45, 2.75) is 0 Å². The van der Waals surface area contributed by atoms with Crippen LogP contribution in [0.15, 0.2) is 30.6 Å². The van der Waals surface area contributed by atoms with Crippen molar-refractivity contribution in [2.24, 2.45) is 0 Å². The molecule has 0 bridgehead atoms. The van der Waals surface area contributed by atoms with E-state index in [1.54, 1.807) is 18.3 Å². The number of pyridine rings is 2. The summed E-state index contributed by atoms with van der Waals surface area (Å²) in [5.74, 6) is 0. The second kappa shape index (κ2) is 4.30. The van der Waals surface area contributed by atoms with E-state index in [4.69, 9.17) is 18.0 Å². The lowest BCUT2D eigenvalue weighted by Gasteiger charge is -2.04. The molecule has 3 N–H and O–H groups in total. The number of nitrogens with two attached hydrogens (primary N) is 1. The zero-order valence-electron chi connectivity index (χ0n) is 8.58. The Labute approximate surface area is 101 Å². The summed E-state index contributed by atoms with van der Waals surface area (Å²) >= 11 is 5.07. The summed E-state index contributed by atoms with van der Waals surface area (Å²) < 4.78 is 0.362. The molecule has 0 radical (unpaired) electrons. The summed E-state index contributed by atoms with van der Waals surface area (Å²) in [4.78, 5) is 16.9. The molecule has 6 nitrogen and oxygen atoms in total. The highest BCUT2D eigenvalue weighted by atomic mass is 32.1. The van der Waals surface area contributed by atoms with Gasteiger partial charge >= 0.3 is 0 Å². The van der Waals surface area contributed by atoms with E-state index in [9.17, 15) is 10.1 Å². The molecule has 86 valence electrons. The number of H-pyrrole nitrogens is 1. The molecule has 7 heteroatoms. The molecule has 2 heterocycles. The lowest BCUT2D eigenvalue weighted by Crippen LogP contribution is -1.96. The summed E-state index contributed by atoms with van der Waals surface area (Å²) in [6, 6.07) is 4.70. The Morgan fingerprint density at radius 3 is 2.94 bits per heavy atom. The first-order valence-corrected chi connectivity index (χ1v) is 5.08. The summed E-state index contributed by atoms with van der Waals surface area (Å²) in [7, 11) is 0. The molecule has 0 saturated carbocycles. The number of rotatable bonds is 2. The van der Waals surface area contributed by atoms with Gasteiger partial charge in [-0.3, -0.25) is 15.1 Å². The number of nitrogens with one attached hydrogen (secondary N) is 1. The average molecular weight is 248 g/mol. The summed E-state index contributed by atoms with van der Waals surface area (Å²) in [5.41, 5.74) is 6.99. The molecule has 0 aromatic carbocycles. The summed E-state index contributed by atoms with van der Waals surface area (Å²) in [6.45, 7) is 0. The van der Waals surface area contributed by atoms with Crippen LogP contribution in [-0.4, -0.2) is 14.9 Å². The molecule has 0 amide bonds.